The first kappa shape index (κ1) is 17.5. The maximum Gasteiger partial charge on any atom is 0.250 e. The smallest absolute Gasteiger partial charge is 0.250 e. The van der Waals surface area contributed by atoms with Gasteiger partial charge in [-0.1, -0.05) is 54.6 Å². The summed E-state index contributed by atoms with van der Waals surface area (Å²) >= 11 is 0. The summed E-state index contributed by atoms with van der Waals surface area (Å²) in [4.78, 5) is 19.5. The van der Waals surface area contributed by atoms with E-state index in [0.29, 0.717) is 12.6 Å². The van der Waals surface area contributed by atoms with Crippen LogP contribution in [-0.2, 0) is 11.4 Å². The number of fused-ring (bicyclic) bond motifs is 1. The summed E-state index contributed by atoms with van der Waals surface area (Å²) in [5.74, 6) is 0.969. The lowest BCUT2D eigenvalue weighted by molar-refractivity contribution is -0.111. The van der Waals surface area contributed by atoms with Crippen LogP contribution < -0.4 is 10.1 Å². The number of nitrogens with zero attached hydrogens (tertiary/aromatic N) is 1. The van der Waals surface area contributed by atoms with Gasteiger partial charge >= 0.3 is 0 Å². The Hall–Kier alpha value is -3.86. The highest BCUT2D eigenvalue weighted by Crippen LogP contribution is 2.16. The SMILES string of the molecule is O=C(/C=C/c1ccc(OCc2ccccc2)cc1)Nc1nc2ccccc2[nH]1. The molecule has 1 amide bonds. The maximum absolute atomic E-state index is 12.1. The number of amides is 1. The minimum atomic E-state index is -0.247. The minimum absolute atomic E-state index is 0.247. The monoisotopic (exact) mass is 369 g/mol. The third-order valence-corrected chi connectivity index (χ3v) is 4.19. The molecule has 4 aromatic rings. The van der Waals surface area contributed by atoms with Crippen LogP contribution in [0, 0.1) is 0 Å². The number of aromatic nitrogens is 2. The molecule has 0 bridgehead atoms. The molecule has 2 N–H and O–H groups in total. The number of carbonyl (C=O) groups excluding carboxylic acids is 1. The lowest BCUT2D eigenvalue weighted by Gasteiger charge is -2.06. The second-order valence-corrected chi connectivity index (χ2v) is 6.27. The Labute approximate surface area is 162 Å². The quantitative estimate of drug-likeness (QED) is 0.480. The van der Waals surface area contributed by atoms with Gasteiger partial charge in [-0.05, 0) is 41.5 Å². The molecule has 4 rings (SSSR count). The fourth-order valence-electron chi connectivity index (χ4n) is 2.76. The zero-order valence-electron chi connectivity index (χ0n) is 15.1. The highest BCUT2D eigenvalue weighted by Gasteiger charge is 2.04. The molecule has 0 radical (unpaired) electrons. The van der Waals surface area contributed by atoms with Crippen LogP contribution in [0.3, 0.4) is 0 Å². The van der Waals surface area contributed by atoms with Crippen LogP contribution in [0.4, 0.5) is 5.95 Å². The summed E-state index contributed by atoms with van der Waals surface area (Å²) in [6.45, 7) is 0.524. The highest BCUT2D eigenvalue weighted by molar-refractivity contribution is 6.01. The van der Waals surface area contributed by atoms with Crippen molar-refractivity contribution in [1.29, 1.82) is 0 Å². The number of benzene rings is 3. The molecule has 0 aliphatic heterocycles. The predicted molar refractivity (Wildman–Crippen MR) is 111 cm³/mol. The molecule has 28 heavy (non-hydrogen) atoms. The fourth-order valence-corrected chi connectivity index (χ4v) is 2.76. The minimum Gasteiger partial charge on any atom is -0.489 e. The molecule has 0 aliphatic rings. The average Bonchev–Trinajstić information content (AvgIpc) is 3.14. The second-order valence-electron chi connectivity index (χ2n) is 6.27. The molecule has 0 saturated heterocycles. The van der Waals surface area contributed by atoms with Gasteiger partial charge in [0.15, 0.2) is 0 Å². The average molecular weight is 369 g/mol. The topological polar surface area (TPSA) is 67.0 Å². The van der Waals surface area contributed by atoms with Crippen LogP contribution in [0.5, 0.6) is 5.75 Å². The van der Waals surface area contributed by atoms with Crippen LogP contribution in [0.2, 0.25) is 0 Å². The van der Waals surface area contributed by atoms with Crippen molar-refractivity contribution in [3.05, 3.63) is 96.1 Å². The number of para-hydroxylation sites is 2. The Bertz CT molecular complexity index is 1070. The Balaban J connectivity index is 1.32. The van der Waals surface area contributed by atoms with Gasteiger partial charge < -0.3 is 9.72 Å². The first-order valence-corrected chi connectivity index (χ1v) is 8.97. The van der Waals surface area contributed by atoms with E-state index >= 15 is 0 Å². The third-order valence-electron chi connectivity index (χ3n) is 4.19. The van der Waals surface area contributed by atoms with Crippen molar-refractivity contribution in [3.63, 3.8) is 0 Å². The van der Waals surface area contributed by atoms with Crippen molar-refractivity contribution < 1.29 is 9.53 Å². The zero-order valence-corrected chi connectivity index (χ0v) is 15.1. The number of anilines is 1. The van der Waals surface area contributed by atoms with Gasteiger partial charge in [-0.25, -0.2) is 4.98 Å². The largest absolute Gasteiger partial charge is 0.489 e. The van der Waals surface area contributed by atoms with E-state index in [1.807, 2.05) is 78.9 Å². The standard InChI is InChI=1S/C23H19N3O2/c27-22(26-23-24-20-8-4-5-9-21(20)25-23)15-12-17-10-13-19(14-11-17)28-16-18-6-2-1-3-7-18/h1-15H,16H2,(H2,24,25,26,27)/b15-12+. The van der Waals surface area contributed by atoms with Crippen molar-refractivity contribution in [2.45, 2.75) is 6.61 Å². The van der Waals surface area contributed by atoms with Gasteiger partial charge in [-0.3, -0.25) is 10.1 Å². The normalized spacial score (nSPS) is 11.0. The Morgan fingerprint density at radius 1 is 0.964 bits per heavy atom. The Kier molecular flexibility index (Phi) is 5.15. The summed E-state index contributed by atoms with van der Waals surface area (Å²) < 4.78 is 5.76. The molecule has 0 saturated carbocycles. The van der Waals surface area contributed by atoms with E-state index in [1.54, 1.807) is 6.08 Å². The number of hydrogen-bond donors (Lipinski definition) is 2. The van der Waals surface area contributed by atoms with E-state index in [9.17, 15) is 4.79 Å². The van der Waals surface area contributed by atoms with Crippen molar-refractivity contribution in [3.8, 4) is 5.75 Å². The summed E-state index contributed by atoms with van der Waals surface area (Å²) in [5.41, 5.74) is 3.72. The van der Waals surface area contributed by atoms with E-state index in [0.717, 1.165) is 27.9 Å². The number of carbonyl (C=O) groups is 1. The summed E-state index contributed by atoms with van der Waals surface area (Å²) in [7, 11) is 0. The number of hydrogen-bond acceptors (Lipinski definition) is 3. The van der Waals surface area contributed by atoms with E-state index in [2.05, 4.69) is 15.3 Å². The van der Waals surface area contributed by atoms with Crippen molar-refractivity contribution >= 4 is 29.0 Å². The van der Waals surface area contributed by atoms with Crippen molar-refractivity contribution in [2.75, 3.05) is 5.32 Å². The number of H-pyrrole nitrogens is 1. The lowest BCUT2D eigenvalue weighted by Crippen LogP contribution is -2.08. The van der Waals surface area contributed by atoms with Gasteiger partial charge in [-0.15, -0.1) is 0 Å². The predicted octanol–water partition coefficient (Wildman–Crippen LogP) is 4.79. The second kappa shape index (κ2) is 8.22. The lowest BCUT2D eigenvalue weighted by atomic mass is 10.2. The molecular formula is C23H19N3O2. The first-order valence-electron chi connectivity index (χ1n) is 8.97. The van der Waals surface area contributed by atoms with Gasteiger partial charge in [0.25, 0.3) is 5.91 Å². The molecule has 0 unspecified atom stereocenters. The summed E-state index contributed by atoms with van der Waals surface area (Å²) in [5, 5.41) is 2.73. The third kappa shape index (κ3) is 4.45. The van der Waals surface area contributed by atoms with Crippen LogP contribution in [0.25, 0.3) is 17.1 Å². The Morgan fingerprint density at radius 2 is 1.71 bits per heavy atom. The van der Waals surface area contributed by atoms with E-state index in [1.165, 1.54) is 6.08 Å². The number of nitrogens with one attached hydrogen (secondary N) is 2. The van der Waals surface area contributed by atoms with Crippen LogP contribution in [0.15, 0.2) is 84.9 Å². The number of ether oxygens (including phenoxy) is 1. The van der Waals surface area contributed by atoms with Gasteiger partial charge in [0.1, 0.15) is 12.4 Å². The molecule has 138 valence electrons. The molecule has 1 heterocycles. The molecular weight excluding hydrogens is 350 g/mol. The van der Waals surface area contributed by atoms with Gasteiger partial charge in [0.05, 0.1) is 11.0 Å². The van der Waals surface area contributed by atoms with E-state index < -0.39 is 0 Å². The molecule has 0 atom stereocenters. The molecule has 0 aliphatic carbocycles. The van der Waals surface area contributed by atoms with E-state index in [4.69, 9.17) is 4.74 Å². The van der Waals surface area contributed by atoms with E-state index in [-0.39, 0.29) is 5.91 Å². The maximum atomic E-state index is 12.1. The molecule has 5 nitrogen and oxygen atoms in total. The summed E-state index contributed by atoms with van der Waals surface area (Å²) in [6, 6.07) is 25.2. The zero-order chi connectivity index (χ0) is 19.2. The number of rotatable bonds is 6. The first-order chi connectivity index (χ1) is 13.8. The van der Waals surface area contributed by atoms with Crippen LogP contribution in [-0.4, -0.2) is 15.9 Å². The molecule has 5 heteroatoms. The summed E-state index contributed by atoms with van der Waals surface area (Å²) in [6.07, 6.45) is 3.23. The van der Waals surface area contributed by atoms with Crippen LogP contribution >= 0.6 is 0 Å². The van der Waals surface area contributed by atoms with Crippen molar-refractivity contribution in [1.82, 2.24) is 9.97 Å². The van der Waals surface area contributed by atoms with Gasteiger partial charge in [-0.2, -0.15) is 0 Å². The molecule has 1 aromatic heterocycles. The molecule has 3 aromatic carbocycles. The van der Waals surface area contributed by atoms with Gasteiger partial charge in [0.2, 0.25) is 5.95 Å². The van der Waals surface area contributed by atoms with Crippen molar-refractivity contribution in [2.24, 2.45) is 0 Å². The van der Waals surface area contributed by atoms with Gasteiger partial charge in [0, 0.05) is 6.08 Å². The van der Waals surface area contributed by atoms with Crippen LogP contribution in [0.1, 0.15) is 11.1 Å². The fraction of sp³-hybridized carbons (Fsp3) is 0.0435. The molecule has 0 spiro atoms. The Morgan fingerprint density at radius 3 is 2.50 bits per heavy atom. The highest BCUT2D eigenvalue weighted by atomic mass is 16.5. The number of aromatic amines is 1. The molecule has 0 fully saturated rings. The number of imidazole rings is 1.